The number of nitrogens with zero attached hydrogens (tertiary/aromatic N) is 9. The number of aromatic nitrogens is 4. The molecule has 6 fully saturated rings. The van der Waals surface area contributed by atoms with Crippen LogP contribution in [0.1, 0.15) is 78.1 Å². The van der Waals surface area contributed by atoms with E-state index < -0.39 is 23.8 Å². The first-order valence-electron chi connectivity index (χ1n) is 23.3. The molecule has 3 aromatic carbocycles. The van der Waals surface area contributed by atoms with Gasteiger partial charge >= 0.3 is 0 Å². The van der Waals surface area contributed by atoms with Gasteiger partial charge in [0.05, 0.1) is 22.6 Å². The topological polar surface area (TPSA) is 175 Å². The second-order valence-corrected chi connectivity index (χ2v) is 19.4. The van der Waals surface area contributed by atoms with Crippen LogP contribution in [0.5, 0.6) is 11.5 Å². The third-order valence-electron chi connectivity index (χ3n) is 15.8. The summed E-state index contributed by atoms with van der Waals surface area (Å²) in [5.74, 6) is 1.50. The lowest BCUT2D eigenvalue weighted by Gasteiger charge is -2.55. The lowest BCUT2D eigenvalue weighted by atomic mass is 9.60. The van der Waals surface area contributed by atoms with Crippen LogP contribution in [0, 0.1) is 17.3 Å². The van der Waals surface area contributed by atoms with Crippen molar-refractivity contribution in [3.8, 4) is 22.8 Å². The van der Waals surface area contributed by atoms with Crippen LogP contribution in [-0.4, -0.2) is 128 Å². The van der Waals surface area contributed by atoms with Crippen molar-refractivity contribution in [3.63, 3.8) is 0 Å². The van der Waals surface area contributed by atoms with Crippen LogP contribution in [0.15, 0.2) is 79.1 Å². The van der Waals surface area contributed by atoms with Gasteiger partial charge in [-0.25, -0.2) is 24.7 Å². The Morgan fingerprint density at radius 1 is 0.723 bits per heavy atom. The molecule has 5 saturated heterocycles. The van der Waals surface area contributed by atoms with Crippen LogP contribution in [0.3, 0.4) is 0 Å². The van der Waals surface area contributed by atoms with Gasteiger partial charge < -0.3 is 15.4 Å². The number of likely N-dealkylation sites (tertiary alicyclic amines) is 1. The molecular weight excluding hydrogens is 823 g/mol. The number of anilines is 2. The highest BCUT2D eigenvalue weighted by Gasteiger charge is 2.52. The minimum absolute atomic E-state index is 0.107. The number of nitrogens with one attached hydrogen (secondary N) is 1. The SMILES string of the molecule is Nc1ncnc2c1c(-c1ccc(Oc3ccccc3)cc1)nn2C1CCN(N2C[C@H]3CN(C4CC5(CCN(c6ccc7c(c6)C(=O)N(C6CCC(=O)NC6=O)C7=O)CC5)C4)C[C@H]3C2)CC1. The summed E-state index contributed by atoms with van der Waals surface area (Å²) in [4.78, 5) is 66.1. The van der Waals surface area contributed by atoms with E-state index in [1.165, 1.54) is 25.9 Å². The van der Waals surface area contributed by atoms with Crippen LogP contribution >= 0.6 is 0 Å². The number of amides is 4. The molecule has 65 heavy (non-hydrogen) atoms. The van der Waals surface area contributed by atoms with Crippen molar-refractivity contribution >= 4 is 46.2 Å². The first kappa shape index (κ1) is 40.3. The average Bonchev–Trinajstić information content (AvgIpc) is 4.07. The molecule has 334 valence electrons. The quantitative estimate of drug-likeness (QED) is 0.197. The summed E-state index contributed by atoms with van der Waals surface area (Å²) in [6, 6.07) is 23.1. The van der Waals surface area contributed by atoms with E-state index in [-0.39, 0.29) is 24.8 Å². The molecule has 8 heterocycles. The van der Waals surface area contributed by atoms with E-state index in [4.69, 9.17) is 20.6 Å². The number of ether oxygens (including phenoxy) is 1. The molecule has 3 N–H and O–H groups in total. The number of nitrogen functional groups attached to an aromatic ring is 1. The predicted molar refractivity (Wildman–Crippen MR) is 242 cm³/mol. The molecule has 0 bridgehead atoms. The summed E-state index contributed by atoms with van der Waals surface area (Å²) in [6.45, 7) is 8.43. The fourth-order valence-electron chi connectivity index (χ4n) is 12.2. The maximum absolute atomic E-state index is 13.4. The first-order valence-corrected chi connectivity index (χ1v) is 23.3. The van der Waals surface area contributed by atoms with Gasteiger partial charge in [0.25, 0.3) is 11.8 Å². The number of hydrogen-bond acceptors (Lipinski definition) is 13. The van der Waals surface area contributed by atoms with E-state index in [9.17, 15) is 19.2 Å². The average molecular weight is 876 g/mol. The number of imide groups is 2. The van der Waals surface area contributed by atoms with Crippen molar-refractivity contribution in [3.05, 3.63) is 90.3 Å². The molecule has 5 aromatic rings. The number of nitrogens with two attached hydrogens (primary N) is 1. The lowest BCUT2D eigenvalue weighted by molar-refractivity contribution is -0.136. The largest absolute Gasteiger partial charge is 0.457 e. The Morgan fingerprint density at radius 3 is 2.15 bits per heavy atom. The Hall–Kier alpha value is -6.23. The number of benzene rings is 3. The van der Waals surface area contributed by atoms with Crippen LogP contribution in [0.25, 0.3) is 22.3 Å². The van der Waals surface area contributed by atoms with Crippen LogP contribution in [-0.2, 0) is 9.59 Å². The molecule has 3 atom stereocenters. The highest BCUT2D eigenvalue weighted by Crippen LogP contribution is 2.53. The molecule has 12 rings (SSSR count). The van der Waals surface area contributed by atoms with Gasteiger partial charge in [-0.2, -0.15) is 5.10 Å². The van der Waals surface area contributed by atoms with E-state index in [0.29, 0.717) is 40.2 Å². The van der Waals surface area contributed by atoms with Gasteiger partial charge in [-0.3, -0.25) is 34.3 Å². The predicted octanol–water partition coefficient (Wildman–Crippen LogP) is 5.13. The van der Waals surface area contributed by atoms with Gasteiger partial charge in [0.1, 0.15) is 35.4 Å². The smallest absolute Gasteiger partial charge is 0.262 e. The zero-order valence-corrected chi connectivity index (χ0v) is 36.3. The molecule has 16 nitrogen and oxygen atoms in total. The summed E-state index contributed by atoms with van der Waals surface area (Å²) < 4.78 is 8.13. The van der Waals surface area contributed by atoms with E-state index in [2.05, 4.69) is 34.8 Å². The second kappa shape index (κ2) is 15.7. The Balaban J connectivity index is 0.622. The standard InChI is InChI=1S/C49H53N11O5/c50-44-42-43(30-6-9-37(10-7-30)65-36-4-2-1-3-5-36)54-60(45(42)52-29-51-44)33-14-18-57(19-15-33)58-27-31-25-56(26-32(31)28-58)35-23-49(24-35)16-20-55(21-17-49)34-8-11-38-39(22-34)48(64)59(47(38)63)40-12-13-41(61)53-46(40)62/h1-11,22,29,31-33,35,40H,12-21,23-28H2,(H2,50,51,52)(H,53,61,62)/t31-,32+,40?. The van der Waals surface area contributed by atoms with E-state index in [1.807, 2.05) is 66.7 Å². The highest BCUT2D eigenvalue weighted by molar-refractivity contribution is 6.23. The van der Waals surface area contributed by atoms with Crippen molar-refractivity contribution in [2.45, 2.75) is 69.5 Å². The zero-order chi connectivity index (χ0) is 44.0. The molecule has 1 unspecified atom stereocenters. The normalized spacial score (nSPS) is 25.4. The van der Waals surface area contributed by atoms with Gasteiger partial charge in [-0.05, 0) is 117 Å². The van der Waals surface area contributed by atoms with E-state index in [1.54, 1.807) is 12.4 Å². The molecule has 2 aromatic heterocycles. The monoisotopic (exact) mass is 875 g/mol. The number of carbonyl (C=O) groups excluding carboxylic acids is 4. The third kappa shape index (κ3) is 7.04. The molecule has 6 aliphatic heterocycles. The first-order chi connectivity index (χ1) is 31.7. The summed E-state index contributed by atoms with van der Waals surface area (Å²) in [5, 5.41) is 13.5. The number of hydrogen-bond donors (Lipinski definition) is 2. The third-order valence-corrected chi connectivity index (χ3v) is 15.8. The number of piperidine rings is 3. The molecule has 4 amide bonds. The van der Waals surface area contributed by atoms with Crippen molar-refractivity contribution in [1.82, 2.24) is 44.9 Å². The van der Waals surface area contributed by atoms with E-state index >= 15 is 0 Å². The Morgan fingerprint density at radius 2 is 1.43 bits per heavy atom. The van der Waals surface area contributed by atoms with Crippen LogP contribution in [0.4, 0.5) is 11.5 Å². The molecule has 0 radical (unpaired) electrons. The maximum Gasteiger partial charge on any atom is 0.262 e. The molecule has 1 spiro atoms. The van der Waals surface area contributed by atoms with Crippen LogP contribution in [0.2, 0.25) is 0 Å². The number of rotatable bonds is 8. The van der Waals surface area contributed by atoms with Crippen molar-refractivity contribution in [1.29, 1.82) is 0 Å². The van der Waals surface area contributed by atoms with Crippen molar-refractivity contribution < 1.29 is 23.9 Å². The summed E-state index contributed by atoms with van der Waals surface area (Å²) in [7, 11) is 0. The van der Waals surface area contributed by atoms with Crippen molar-refractivity contribution in [2.75, 3.05) is 63.0 Å². The number of hydrazine groups is 1. The highest BCUT2D eigenvalue weighted by atomic mass is 16.5. The summed E-state index contributed by atoms with van der Waals surface area (Å²) >= 11 is 0. The van der Waals surface area contributed by atoms with Gasteiger partial charge in [0, 0.05) is 76.1 Å². The Kier molecular flexibility index (Phi) is 9.76. The van der Waals surface area contributed by atoms with Gasteiger partial charge in [0.2, 0.25) is 11.8 Å². The Bertz CT molecular complexity index is 2690. The molecular formula is C49H53N11O5. The number of carbonyl (C=O) groups is 4. The van der Waals surface area contributed by atoms with Gasteiger partial charge in [-0.1, -0.05) is 18.2 Å². The van der Waals surface area contributed by atoms with Gasteiger partial charge in [0.15, 0.2) is 5.65 Å². The molecule has 16 heteroatoms. The fraction of sp³-hybridized carbons (Fsp3) is 0.449. The van der Waals surface area contributed by atoms with Crippen molar-refractivity contribution in [2.24, 2.45) is 17.3 Å². The number of fused-ring (bicyclic) bond motifs is 3. The molecule has 1 saturated carbocycles. The lowest BCUT2D eigenvalue weighted by Crippen LogP contribution is -2.55. The second-order valence-electron chi connectivity index (χ2n) is 19.4. The molecule has 7 aliphatic rings. The van der Waals surface area contributed by atoms with Crippen LogP contribution < -0.4 is 20.7 Å². The minimum atomic E-state index is -0.955. The minimum Gasteiger partial charge on any atom is -0.457 e. The fourth-order valence-corrected chi connectivity index (χ4v) is 12.2. The molecule has 1 aliphatic carbocycles. The van der Waals surface area contributed by atoms with Gasteiger partial charge in [-0.15, -0.1) is 0 Å². The van der Waals surface area contributed by atoms with E-state index in [0.717, 1.165) is 109 Å². The summed E-state index contributed by atoms with van der Waals surface area (Å²) in [6.07, 6.45) is 8.51. The summed E-state index contributed by atoms with van der Waals surface area (Å²) in [5.41, 5.74) is 11.0. The maximum atomic E-state index is 13.4. The number of para-hydroxylation sites is 1. The zero-order valence-electron chi connectivity index (χ0n) is 36.3. The Labute approximate surface area is 376 Å².